The lowest BCUT2D eigenvalue weighted by Crippen LogP contribution is -2.42. The molecule has 0 spiro atoms. The molecule has 1 fully saturated rings. The van der Waals surface area contributed by atoms with Gasteiger partial charge in [0.05, 0.1) is 4.92 Å². The molecular weight excluding hydrogens is 294 g/mol. The Bertz CT molecular complexity index is 612. The number of para-hydroxylation sites is 1. The quantitative estimate of drug-likeness (QED) is 0.629. The molecule has 2 rings (SSSR count). The topological polar surface area (TPSA) is 101 Å². The highest BCUT2D eigenvalue weighted by atomic mass is 32.2. The summed E-state index contributed by atoms with van der Waals surface area (Å²) in [5, 5.41) is 14.2. The van der Waals surface area contributed by atoms with E-state index in [0.717, 1.165) is 25.9 Å². The van der Waals surface area contributed by atoms with Crippen LogP contribution >= 0.6 is 0 Å². The summed E-state index contributed by atoms with van der Waals surface area (Å²) < 4.78 is 27.3. The maximum atomic E-state index is 12.4. The molecule has 0 saturated carbocycles. The molecule has 7 nitrogen and oxygen atoms in total. The third-order valence-electron chi connectivity index (χ3n) is 3.78. The van der Waals surface area contributed by atoms with Crippen LogP contribution in [-0.4, -0.2) is 32.5 Å². The lowest BCUT2D eigenvalue weighted by molar-refractivity contribution is -0.387. The molecule has 21 heavy (non-hydrogen) atoms. The highest BCUT2D eigenvalue weighted by molar-refractivity contribution is 7.89. The van der Waals surface area contributed by atoms with Crippen molar-refractivity contribution in [2.45, 2.75) is 30.7 Å². The van der Waals surface area contributed by atoms with Gasteiger partial charge >= 0.3 is 0 Å². The maximum absolute atomic E-state index is 12.4. The summed E-state index contributed by atoms with van der Waals surface area (Å²) in [6.07, 6.45) is 1.78. The molecule has 1 aliphatic heterocycles. The Labute approximate surface area is 123 Å². The van der Waals surface area contributed by atoms with E-state index in [2.05, 4.69) is 10.0 Å². The molecule has 1 atom stereocenters. The zero-order chi connectivity index (χ0) is 15.5. The Morgan fingerprint density at radius 2 is 1.95 bits per heavy atom. The van der Waals surface area contributed by atoms with Gasteiger partial charge in [-0.3, -0.25) is 10.1 Å². The van der Waals surface area contributed by atoms with E-state index in [1.165, 1.54) is 24.3 Å². The van der Waals surface area contributed by atoms with Crippen LogP contribution in [0.2, 0.25) is 0 Å². The summed E-state index contributed by atoms with van der Waals surface area (Å²) in [4.78, 5) is 10.0. The molecule has 0 amide bonds. The standard InChI is InChI=1S/C13H19N3O4S/c1-10(11-6-8-14-9-7-11)15-21(19,20)13-5-3-2-4-12(13)16(17)18/h2-5,10-11,14-15H,6-9H2,1H3/t10-/m0/s1. The van der Waals surface area contributed by atoms with Crippen LogP contribution < -0.4 is 10.0 Å². The maximum Gasteiger partial charge on any atom is 0.289 e. The van der Waals surface area contributed by atoms with Crippen LogP contribution in [-0.2, 0) is 10.0 Å². The van der Waals surface area contributed by atoms with E-state index in [4.69, 9.17) is 0 Å². The van der Waals surface area contributed by atoms with E-state index in [1.54, 1.807) is 0 Å². The lowest BCUT2D eigenvalue weighted by atomic mass is 9.92. The molecule has 1 saturated heterocycles. The Hall–Kier alpha value is -1.51. The molecule has 0 aliphatic carbocycles. The highest BCUT2D eigenvalue weighted by Crippen LogP contribution is 2.24. The third kappa shape index (κ3) is 3.78. The van der Waals surface area contributed by atoms with Gasteiger partial charge in [-0.05, 0) is 44.8 Å². The zero-order valence-corrected chi connectivity index (χ0v) is 12.6. The molecule has 0 radical (unpaired) electrons. The summed E-state index contributed by atoms with van der Waals surface area (Å²) in [5.41, 5.74) is -0.400. The van der Waals surface area contributed by atoms with Crippen molar-refractivity contribution in [3.05, 3.63) is 34.4 Å². The SMILES string of the molecule is C[C@H](NS(=O)(=O)c1ccccc1[N+](=O)[O-])C1CCNCC1. The Balaban J connectivity index is 2.20. The molecule has 1 aromatic rings. The first-order chi connectivity index (χ1) is 9.92. The molecule has 0 unspecified atom stereocenters. The fourth-order valence-electron chi connectivity index (χ4n) is 2.58. The summed E-state index contributed by atoms with van der Waals surface area (Å²) >= 11 is 0. The minimum Gasteiger partial charge on any atom is -0.317 e. The first-order valence-corrected chi connectivity index (χ1v) is 8.36. The van der Waals surface area contributed by atoms with Gasteiger partial charge in [0.25, 0.3) is 5.69 Å². The normalized spacial score (nSPS) is 18.3. The molecule has 1 aromatic carbocycles. The molecule has 1 aliphatic rings. The van der Waals surface area contributed by atoms with Crippen LogP contribution in [0.25, 0.3) is 0 Å². The fraction of sp³-hybridized carbons (Fsp3) is 0.538. The van der Waals surface area contributed by atoms with Gasteiger partial charge in [0.1, 0.15) is 0 Å². The van der Waals surface area contributed by atoms with Gasteiger partial charge in [-0.2, -0.15) is 0 Å². The van der Waals surface area contributed by atoms with Gasteiger partial charge in [-0.25, -0.2) is 13.1 Å². The van der Waals surface area contributed by atoms with Crippen molar-refractivity contribution in [2.24, 2.45) is 5.92 Å². The van der Waals surface area contributed by atoms with Crippen molar-refractivity contribution in [2.75, 3.05) is 13.1 Å². The van der Waals surface area contributed by atoms with Crippen LogP contribution in [0, 0.1) is 16.0 Å². The Morgan fingerprint density at radius 1 is 1.33 bits per heavy atom. The van der Waals surface area contributed by atoms with E-state index in [1.807, 2.05) is 6.92 Å². The second kappa shape index (κ2) is 6.50. The van der Waals surface area contributed by atoms with E-state index in [-0.39, 0.29) is 16.9 Å². The van der Waals surface area contributed by atoms with Crippen LogP contribution in [0.5, 0.6) is 0 Å². The Kier molecular flexibility index (Phi) is 4.92. The number of sulfonamides is 1. The van der Waals surface area contributed by atoms with E-state index in [0.29, 0.717) is 0 Å². The fourth-order valence-corrected chi connectivity index (χ4v) is 4.07. The summed E-state index contributed by atoms with van der Waals surface area (Å²) in [6, 6.07) is 5.14. The summed E-state index contributed by atoms with van der Waals surface area (Å²) in [5.74, 6) is 0.240. The molecule has 0 aromatic heterocycles. The first kappa shape index (κ1) is 15.9. The number of benzene rings is 1. The second-order valence-corrected chi connectivity index (χ2v) is 6.90. The molecule has 2 N–H and O–H groups in total. The predicted octanol–water partition coefficient (Wildman–Crippen LogP) is 1.26. The molecule has 8 heteroatoms. The molecule has 1 heterocycles. The van der Waals surface area contributed by atoms with Gasteiger partial charge in [0.2, 0.25) is 10.0 Å². The average Bonchev–Trinajstić information content (AvgIpc) is 2.47. The van der Waals surface area contributed by atoms with E-state index >= 15 is 0 Å². The number of nitro benzene ring substituents is 1. The molecule has 116 valence electrons. The van der Waals surface area contributed by atoms with Crippen LogP contribution in [0.3, 0.4) is 0 Å². The predicted molar refractivity (Wildman–Crippen MR) is 78.5 cm³/mol. The average molecular weight is 313 g/mol. The molecule has 0 bridgehead atoms. The van der Waals surface area contributed by atoms with E-state index in [9.17, 15) is 18.5 Å². The van der Waals surface area contributed by atoms with Crippen LogP contribution in [0.15, 0.2) is 29.2 Å². The van der Waals surface area contributed by atoms with Crippen molar-refractivity contribution in [3.63, 3.8) is 0 Å². The van der Waals surface area contributed by atoms with Gasteiger partial charge in [0, 0.05) is 12.1 Å². The van der Waals surface area contributed by atoms with E-state index < -0.39 is 20.6 Å². The highest BCUT2D eigenvalue weighted by Gasteiger charge is 2.29. The van der Waals surface area contributed by atoms with Crippen LogP contribution in [0.4, 0.5) is 5.69 Å². The van der Waals surface area contributed by atoms with Crippen molar-refractivity contribution in [1.82, 2.24) is 10.0 Å². The number of nitrogens with one attached hydrogen (secondary N) is 2. The first-order valence-electron chi connectivity index (χ1n) is 6.88. The second-order valence-electron chi connectivity index (χ2n) is 5.22. The number of hydrogen-bond donors (Lipinski definition) is 2. The minimum atomic E-state index is -3.90. The number of rotatable bonds is 5. The number of nitrogens with zero attached hydrogens (tertiary/aromatic N) is 1. The largest absolute Gasteiger partial charge is 0.317 e. The van der Waals surface area contributed by atoms with Gasteiger partial charge in [0.15, 0.2) is 4.90 Å². The molecular formula is C13H19N3O4S. The van der Waals surface area contributed by atoms with Gasteiger partial charge in [-0.15, -0.1) is 0 Å². The smallest absolute Gasteiger partial charge is 0.289 e. The summed E-state index contributed by atoms with van der Waals surface area (Å²) in [7, 11) is -3.90. The summed E-state index contributed by atoms with van der Waals surface area (Å²) in [6.45, 7) is 3.53. The van der Waals surface area contributed by atoms with Crippen molar-refractivity contribution >= 4 is 15.7 Å². The Morgan fingerprint density at radius 3 is 2.57 bits per heavy atom. The van der Waals surface area contributed by atoms with Crippen molar-refractivity contribution < 1.29 is 13.3 Å². The van der Waals surface area contributed by atoms with Crippen molar-refractivity contribution in [3.8, 4) is 0 Å². The number of hydrogen-bond acceptors (Lipinski definition) is 5. The minimum absolute atomic E-state index is 0.240. The zero-order valence-electron chi connectivity index (χ0n) is 11.8. The number of nitro groups is 1. The van der Waals surface area contributed by atoms with Crippen LogP contribution in [0.1, 0.15) is 19.8 Å². The van der Waals surface area contributed by atoms with Gasteiger partial charge in [-0.1, -0.05) is 12.1 Å². The number of piperidine rings is 1. The third-order valence-corrected chi connectivity index (χ3v) is 5.39. The van der Waals surface area contributed by atoms with Gasteiger partial charge < -0.3 is 5.32 Å². The van der Waals surface area contributed by atoms with Crippen molar-refractivity contribution in [1.29, 1.82) is 0 Å². The lowest BCUT2D eigenvalue weighted by Gasteiger charge is -2.28. The monoisotopic (exact) mass is 313 g/mol.